The molecule has 0 unspecified atom stereocenters. The minimum Gasteiger partial charge on any atom is -0.496 e. The topological polar surface area (TPSA) is 59.9 Å². The number of ether oxygens (including phenoxy) is 2. The van der Waals surface area contributed by atoms with Crippen molar-refractivity contribution in [3.05, 3.63) is 58.1 Å². The second-order valence-electron chi connectivity index (χ2n) is 4.78. The molecule has 2 aromatic rings. The van der Waals surface area contributed by atoms with Gasteiger partial charge in [-0.3, -0.25) is 4.79 Å². The second-order valence-corrected chi connectivity index (χ2v) is 5.70. The van der Waals surface area contributed by atoms with Gasteiger partial charge < -0.3 is 9.47 Å². The van der Waals surface area contributed by atoms with Gasteiger partial charge in [-0.2, -0.15) is 5.10 Å². The average molecular weight is 377 g/mol. The highest BCUT2D eigenvalue weighted by atomic mass is 79.9. The molecule has 0 aliphatic carbocycles. The van der Waals surface area contributed by atoms with Crippen molar-refractivity contribution in [1.82, 2.24) is 5.43 Å². The largest absolute Gasteiger partial charge is 0.496 e. The molecule has 120 valence electrons. The van der Waals surface area contributed by atoms with Crippen molar-refractivity contribution in [3.63, 3.8) is 0 Å². The molecule has 0 radical (unpaired) electrons. The number of rotatable bonds is 6. The van der Waals surface area contributed by atoms with Crippen LogP contribution < -0.4 is 14.9 Å². The minimum absolute atomic E-state index is 0.101. The standard InChI is InChI=1S/C17H17BrN2O3/c1-12-4-3-5-15(8-12)23-11-17(21)20-19-10-13-9-14(18)6-7-16(13)22-2/h3-10H,11H2,1-2H3,(H,20,21). The number of halogens is 1. The second kappa shape index (κ2) is 8.33. The molecule has 2 rings (SSSR count). The van der Waals surface area contributed by atoms with Gasteiger partial charge in [0.2, 0.25) is 0 Å². The molecule has 0 aliphatic heterocycles. The number of methoxy groups -OCH3 is 1. The van der Waals surface area contributed by atoms with Crippen LogP contribution in [0.1, 0.15) is 11.1 Å². The van der Waals surface area contributed by atoms with Gasteiger partial charge in [-0.25, -0.2) is 5.43 Å². The summed E-state index contributed by atoms with van der Waals surface area (Å²) in [6.45, 7) is 1.86. The van der Waals surface area contributed by atoms with E-state index >= 15 is 0 Å². The summed E-state index contributed by atoms with van der Waals surface area (Å²) < 4.78 is 11.5. The third-order valence-corrected chi connectivity index (χ3v) is 3.44. The summed E-state index contributed by atoms with van der Waals surface area (Å²) in [5.41, 5.74) is 4.24. The van der Waals surface area contributed by atoms with E-state index in [1.807, 2.05) is 43.3 Å². The predicted octanol–water partition coefficient (Wildman–Crippen LogP) is 3.30. The van der Waals surface area contributed by atoms with Crippen LogP contribution in [0.5, 0.6) is 11.5 Å². The SMILES string of the molecule is COc1ccc(Br)cc1C=NNC(=O)COc1cccc(C)c1. The van der Waals surface area contributed by atoms with E-state index in [9.17, 15) is 4.79 Å². The fraction of sp³-hybridized carbons (Fsp3) is 0.176. The van der Waals surface area contributed by atoms with E-state index in [4.69, 9.17) is 9.47 Å². The lowest BCUT2D eigenvalue weighted by Crippen LogP contribution is -2.24. The first kappa shape index (κ1) is 17.0. The highest BCUT2D eigenvalue weighted by Gasteiger charge is 2.03. The van der Waals surface area contributed by atoms with Gasteiger partial charge in [0.05, 0.1) is 13.3 Å². The van der Waals surface area contributed by atoms with Crippen molar-refractivity contribution >= 4 is 28.1 Å². The maximum absolute atomic E-state index is 11.7. The average Bonchev–Trinajstić information content (AvgIpc) is 2.53. The van der Waals surface area contributed by atoms with Crippen LogP contribution >= 0.6 is 15.9 Å². The first-order valence-corrected chi connectivity index (χ1v) is 7.72. The molecule has 0 fully saturated rings. The molecule has 23 heavy (non-hydrogen) atoms. The Morgan fingerprint density at radius 1 is 1.30 bits per heavy atom. The van der Waals surface area contributed by atoms with Crippen LogP contribution in [0.3, 0.4) is 0 Å². The molecule has 0 saturated carbocycles. The zero-order valence-electron chi connectivity index (χ0n) is 12.9. The number of amides is 1. The molecule has 1 N–H and O–H groups in total. The minimum atomic E-state index is -0.336. The maximum atomic E-state index is 11.7. The van der Waals surface area contributed by atoms with E-state index in [0.717, 1.165) is 15.6 Å². The molecule has 0 aromatic heterocycles. The van der Waals surface area contributed by atoms with Gasteiger partial charge in [0.25, 0.3) is 5.91 Å². The van der Waals surface area contributed by atoms with Crippen LogP contribution in [0.2, 0.25) is 0 Å². The van der Waals surface area contributed by atoms with Gasteiger partial charge in [0.15, 0.2) is 6.61 Å². The van der Waals surface area contributed by atoms with Crippen molar-refractivity contribution in [1.29, 1.82) is 0 Å². The zero-order chi connectivity index (χ0) is 16.7. The lowest BCUT2D eigenvalue weighted by Gasteiger charge is -2.06. The highest BCUT2D eigenvalue weighted by Crippen LogP contribution is 2.21. The lowest BCUT2D eigenvalue weighted by atomic mass is 10.2. The quantitative estimate of drug-likeness (QED) is 0.621. The van der Waals surface area contributed by atoms with E-state index in [1.165, 1.54) is 6.21 Å². The van der Waals surface area contributed by atoms with Crippen molar-refractivity contribution in [2.24, 2.45) is 5.10 Å². The number of hydrazone groups is 1. The molecular weight excluding hydrogens is 360 g/mol. The molecule has 0 saturated heterocycles. The van der Waals surface area contributed by atoms with Crippen LogP contribution in [0.15, 0.2) is 52.0 Å². The highest BCUT2D eigenvalue weighted by molar-refractivity contribution is 9.10. The van der Waals surface area contributed by atoms with E-state index < -0.39 is 0 Å². The molecule has 5 nitrogen and oxygen atoms in total. The summed E-state index contributed by atoms with van der Waals surface area (Å²) in [7, 11) is 1.58. The Kier molecular flexibility index (Phi) is 6.17. The van der Waals surface area contributed by atoms with Gasteiger partial charge in [-0.1, -0.05) is 28.1 Å². The summed E-state index contributed by atoms with van der Waals surface area (Å²) in [5, 5.41) is 3.92. The summed E-state index contributed by atoms with van der Waals surface area (Å²) in [6.07, 6.45) is 1.52. The van der Waals surface area contributed by atoms with E-state index in [-0.39, 0.29) is 12.5 Å². The van der Waals surface area contributed by atoms with E-state index in [0.29, 0.717) is 11.5 Å². The van der Waals surface area contributed by atoms with Crippen LogP contribution in [0.25, 0.3) is 0 Å². The number of hydrogen-bond donors (Lipinski definition) is 1. The smallest absolute Gasteiger partial charge is 0.277 e. The Morgan fingerprint density at radius 3 is 2.87 bits per heavy atom. The molecule has 0 bridgehead atoms. The Bertz CT molecular complexity index is 717. The summed E-state index contributed by atoms with van der Waals surface area (Å²) in [5.74, 6) is 0.983. The first-order chi connectivity index (χ1) is 11.1. The molecule has 1 amide bonds. The van der Waals surface area contributed by atoms with E-state index in [2.05, 4.69) is 26.5 Å². The van der Waals surface area contributed by atoms with Crippen LogP contribution in [-0.4, -0.2) is 25.8 Å². The maximum Gasteiger partial charge on any atom is 0.277 e. The number of aryl methyl sites for hydroxylation is 1. The van der Waals surface area contributed by atoms with Gasteiger partial charge >= 0.3 is 0 Å². The monoisotopic (exact) mass is 376 g/mol. The molecule has 0 spiro atoms. The van der Waals surface area contributed by atoms with Crippen LogP contribution in [0, 0.1) is 6.92 Å². The van der Waals surface area contributed by atoms with Crippen molar-refractivity contribution in [2.75, 3.05) is 13.7 Å². The van der Waals surface area contributed by atoms with Crippen molar-refractivity contribution < 1.29 is 14.3 Å². The van der Waals surface area contributed by atoms with Gasteiger partial charge in [-0.05, 0) is 42.8 Å². The molecule has 0 heterocycles. The molecule has 6 heteroatoms. The van der Waals surface area contributed by atoms with Crippen molar-refractivity contribution in [3.8, 4) is 11.5 Å². The molecule has 0 aliphatic rings. The Balaban J connectivity index is 1.88. The van der Waals surface area contributed by atoms with Crippen molar-refractivity contribution in [2.45, 2.75) is 6.92 Å². The number of nitrogens with one attached hydrogen (secondary N) is 1. The first-order valence-electron chi connectivity index (χ1n) is 6.93. The number of hydrogen-bond acceptors (Lipinski definition) is 4. The Morgan fingerprint density at radius 2 is 2.13 bits per heavy atom. The lowest BCUT2D eigenvalue weighted by molar-refractivity contribution is -0.123. The Hall–Kier alpha value is -2.34. The molecule has 2 aromatic carbocycles. The van der Waals surface area contributed by atoms with Gasteiger partial charge in [-0.15, -0.1) is 0 Å². The fourth-order valence-electron chi connectivity index (χ4n) is 1.87. The third kappa shape index (κ3) is 5.41. The van der Waals surface area contributed by atoms with Gasteiger partial charge in [0.1, 0.15) is 11.5 Å². The third-order valence-electron chi connectivity index (χ3n) is 2.94. The summed E-state index contributed by atoms with van der Waals surface area (Å²) in [6, 6.07) is 13.0. The normalized spacial score (nSPS) is 10.6. The van der Waals surface area contributed by atoms with Crippen LogP contribution in [-0.2, 0) is 4.79 Å². The fourth-order valence-corrected chi connectivity index (χ4v) is 2.24. The molecule has 0 atom stereocenters. The van der Waals surface area contributed by atoms with Gasteiger partial charge in [0, 0.05) is 10.0 Å². The Labute approximate surface area is 143 Å². The van der Waals surface area contributed by atoms with Crippen LogP contribution in [0.4, 0.5) is 0 Å². The number of carbonyl (C=O) groups excluding carboxylic acids is 1. The van der Waals surface area contributed by atoms with E-state index in [1.54, 1.807) is 13.2 Å². The summed E-state index contributed by atoms with van der Waals surface area (Å²) in [4.78, 5) is 11.7. The number of nitrogens with zero attached hydrogens (tertiary/aromatic N) is 1. The predicted molar refractivity (Wildman–Crippen MR) is 93.1 cm³/mol. The number of benzene rings is 2. The summed E-state index contributed by atoms with van der Waals surface area (Å²) >= 11 is 3.38. The molecular formula is C17H17BrN2O3. The number of carbonyl (C=O) groups is 1. The zero-order valence-corrected chi connectivity index (χ0v) is 14.5.